The van der Waals surface area contributed by atoms with Crippen LogP contribution in [0.4, 0.5) is 0 Å². The van der Waals surface area contributed by atoms with Crippen LogP contribution in [0.3, 0.4) is 0 Å². The molecule has 1 aromatic carbocycles. The number of nitrogens with zero attached hydrogens (tertiary/aromatic N) is 2. The van der Waals surface area contributed by atoms with Crippen LogP contribution in [0.1, 0.15) is 11.6 Å². The van der Waals surface area contributed by atoms with E-state index in [1.165, 1.54) is 5.56 Å². The number of hydrogen-bond donors (Lipinski definition) is 1. The maximum absolute atomic E-state index is 5.86. The Labute approximate surface area is 130 Å². The number of nitrogens with one attached hydrogen (secondary N) is 1. The number of rotatable bonds is 4. The lowest BCUT2D eigenvalue weighted by molar-refractivity contribution is 0.265. The number of hydrogen-bond acceptors (Lipinski definition) is 7. The Kier molecular flexibility index (Phi) is 4.50. The van der Waals surface area contributed by atoms with Gasteiger partial charge in [0.1, 0.15) is 12.4 Å². The summed E-state index contributed by atoms with van der Waals surface area (Å²) < 4.78 is 7.87. The smallest absolute Gasteiger partial charge is 0.175 e. The Morgan fingerprint density at radius 2 is 2.10 bits per heavy atom. The third-order valence-corrected chi connectivity index (χ3v) is 6.38. The maximum Gasteiger partial charge on any atom is 0.175 e. The zero-order valence-corrected chi connectivity index (χ0v) is 13.6. The van der Waals surface area contributed by atoms with Crippen molar-refractivity contribution in [2.75, 3.05) is 19.9 Å². The topological polar surface area (TPSA) is 47.0 Å². The number of fused-ring (bicyclic) bond motifs is 1. The Bertz CT molecular complexity index is 590. The van der Waals surface area contributed by atoms with E-state index in [4.69, 9.17) is 4.74 Å². The summed E-state index contributed by atoms with van der Waals surface area (Å²) in [7, 11) is 1.99. The zero-order chi connectivity index (χ0) is 13.9. The molecule has 106 valence electrons. The molecule has 7 heteroatoms. The summed E-state index contributed by atoms with van der Waals surface area (Å²) in [6, 6.07) is 8.48. The summed E-state index contributed by atoms with van der Waals surface area (Å²) in [6.45, 7) is 0.682. The number of para-hydroxylation sites is 1. The SMILES string of the molecule is CNC1c2ccccc2OCC1Sc1nnc(SC)s1. The van der Waals surface area contributed by atoms with E-state index in [1.807, 2.05) is 25.4 Å². The van der Waals surface area contributed by atoms with Crippen LogP contribution in [-0.2, 0) is 0 Å². The highest BCUT2D eigenvalue weighted by atomic mass is 32.2. The average molecular weight is 325 g/mol. The molecule has 0 radical (unpaired) electrons. The maximum atomic E-state index is 5.86. The second-order valence-electron chi connectivity index (χ2n) is 4.31. The van der Waals surface area contributed by atoms with Gasteiger partial charge in [-0.15, -0.1) is 10.2 Å². The van der Waals surface area contributed by atoms with E-state index in [-0.39, 0.29) is 6.04 Å². The van der Waals surface area contributed by atoms with Crippen LogP contribution < -0.4 is 10.1 Å². The molecule has 1 N–H and O–H groups in total. The summed E-state index contributed by atoms with van der Waals surface area (Å²) in [6.07, 6.45) is 2.02. The lowest BCUT2D eigenvalue weighted by Gasteiger charge is -2.32. The molecule has 2 heterocycles. The van der Waals surface area contributed by atoms with Crippen molar-refractivity contribution in [3.05, 3.63) is 29.8 Å². The Morgan fingerprint density at radius 1 is 1.30 bits per heavy atom. The van der Waals surface area contributed by atoms with E-state index in [0.717, 1.165) is 14.4 Å². The molecule has 0 bridgehead atoms. The van der Waals surface area contributed by atoms with Gasteiger partial charge >= 0.3 is 0 Å². The fourth-order valence-corrected chi connectivity index (χ4v) is 5.10. The minimum absolute atomic E-state index is 0.270. The summed E-state index contributed by atoms with van der Waals surface area (Å²) in [5, 5.41) is 12.1. The van der Waals surface area contributed by atoms with Crippen molar-refractivity contribution in [1.82, 2.24) is 15.5 Å². The molecule has 1 aromatic heterocycles. The van der Waals surface area contributed by atoms with Gasteiger partial charge in [-0.2, -0.15) is 0 Å². The molecular formula is C13H15N3OS3. The monoisotopic (exact) mass is 325 g/mol. The average Bonchev–Trinajstić information content (AvgIpc) is 2.95. The largest absolute Gasteiger partial charge is 0.492 e. The minimum atomic E-state index is 0.270. The normalized spacial score (nSPS) is 21.3. The summed E-state index contributed by atoms with van der Waals surface area (Å²) in [4.78, 5) is 0. The van der Waals surface area contributed by atoms with Crippen LogP contribution in [0.25, 0.3) is 0 Å². The molecule has 2 atom stereocenters. The van der Waals surface area contributed by atoms with Crippen LogP contribution in [0.5, 0.6) is 5.75 Å². The van der Waals surface area contributed by atoms with E-state index in [2.05, 4.69) is 27.6 Å². The van der Waals surface area contributed by atoms with Crippen LogP contribution in [0.15, 0.2) is 32.9 Å². The zero-order valence-electron chi connectivity index (χ0n) is 11.2. The molecule has 1 aliphatic rings. The van der Waals surface area contributed by atoms with Crippen LogP contribution in [0, 0.1) is 0 Å². The highest BCUT2D eigenvalue weighted by Crippen LogP contribution is 2.40. The Morgan fingerprint density at radius 3 is 2.85 bits per heavy atom. The first-order chi connectivity index (χ1) is 9.81. The summed E-state index contributed by atoms with van der Waals surface area (Å²) >= 11 is 5.01. The van der Waals surface area contributed by atoms with Gasteiger partial charge in [-0.25, -0.2) is 0 Å². The van der Waals surface area contributed by atoms with Crippen LogP contribution >= 0.6 is 34.9 Å². The summed E-state index contributed by atoms with van der Waals surface area (Å²) in [5.41, 5.74) is 1.22. The predicted molar refractivity (Wildman–Crippen MR) is 85.1 cm³/mol. The van der Waals surface area contributed by atoms with E-state index >= 15 is 0 Å². The molecular weight excluding hydrogens is 310 g/mol. The number of thioether (sulfide) groups is 2. The lowest BCUT2D eigenvalue weighted by Crippen LogP contribution is -2.35. The van der Waals surface area contributed by atoms with Gasteiger partial charge in [0.15, 0.2) is 8.68 Å². The number of benzene rings is 1. The second-order valence-corrected chi connectivity index (χ2v) is 7.83. The molecule has 2 unspecified atom stereocenters. The molecule has 4 nitrogen and oxygen atoms in total. The van der Waals surface area contributed by atoms with Gasteiger partial charge in [0, 0.05) is 5.56 Å². The van der Waals surface area contributed by atoms with Gasteiger partial charge in [0.05, 0.1) is 11.3 Å². The molecule has 3 rings (SSSR count). The molecule has 1 aliphatic heterocycles. The fraction of sp³-hybridized carbons (Fsp3) is 0.385. The minimum Gasteiger partial charge on any atom is -0.492 e. The molecule has 0 fully saturated rings. The van der Waals surface area contributed by atoms with Gasteiger partial charge in [0.2, 0.25) is 0 Å². The number of ether oxygens (including phenoxy) is 1. The number of aromatic nitrogens is 2. The lowest BCUT2D eigenvalue weighted by atomic mass is 10.0. The van der Waals surface area contributed by atoms with E-state index in [0.29, 0.717) is 11.9 Å². The molecule has 20 heavy (non-hydrogen) atoms. The van der Waals surface area contributed by atoms with Crippen molar-refractivity contribution in [2.45, 2.75) is 20.0 Å². The fourth-order valence-electron chi connectivity index (χ4n) is 2.24. The Hall–Kier alpha value is -0.760. The van der Waals surface area contributed by atoms with Crippen LogP contribution in [-0.4, -0.2) is 35.4 Å². The summed E-state index contributed by atoms with van der Waals surface area (Å²) in [5.74, 6) is 0.978. The molecule has 0 amide bonds. The van der Waals surface area contributed by atoms with Crippen molar-refractivity contribution >= 4 is 34.9 Å². The van der Waals surface area contributed by atoms with Gasteiger partial charge in [0.25, 0.3) is 0 Å². The van der Waals surface area contributed by atoms with Gasteiger partial charge in [-0.3, -0.25) is 0 Å². The second kappa shape index (κ2) is 6.34. The van der Waals surface area contributed by atoms with E-state index in [1.54, 1.807) is 34.9 Å². The molecule has 0 aliphatic carbocycles. The van der Waals surface area contributed by atoms with E-state index < -0.39 is 0 Å². The van der Waals surface area contributed by atoms with Gasteiger partial charge in [-0.1, -0.05) is 53.1 Å². The third kappa shape index (κ3) is 2.81. The Balaban J connectivity index is 1.80. The van der Waals surface area contributed by atoms with Crippen molar-refractivity contribution in [1.29, 1.82) is 0 Å². The first-order valence-electron chi connectivity index (χ1n) is 6.25. The van der Waals surface area contributed by atoms with Crippen molar-refractivity contribution < 1.29 is 4.74 Å². The van der Waals surface area contributed by atoms with Crippen LogP contribution in [0.2, 0.25) is 0 Å². The first-order valence-corrected chi connectivity index (χ1v) is 9.17. The highest BCUT2D eigenvalue weighted by Gasteiger charge is 2.31. The highest BCUT2D eigenvalue weighted by molar-refractivity contribution is 8.03. The first kappa shape index (κ1) is 14.2. The molecule has 2 aromatic rings. The van der Waals surface area contributed by atoms with Crippen molar-refractivity contribution in [3.63, 3.8) is 0 Å². The quantitative estimate of drug-likeness (QED) is 0.872. The molecule has 0 saturated heterocycles. The van der Waals surface area contributed by atoms with Gasteiger partial charge < -0.3 is 10.1 Å². The predicted octanol–water partition coefficient (Wildman–Crippen LogP) is 3.07. The van der Waals surface area contributed by atoms with E-state index in [9.17, 15) is 0 Å². The molecule has 0 saturated carbocycles. The van der Waals surface area contributed by atoms with Crippen molar-refractivity contribution in [3.8, 4) is 5.75 Å². The molecule has 0 spiro atoms. The van der Waals surface area contributed by atoms with Crippen molar-refractivity contribution in [2.24, 2.45) is 0 Å². The standard InChI is InChI=1S/C13H15N3OS3/c1-14-11-8-5-3-4-6-9(8)17-7-10(11)19-13-16-15-12(18-2)20-13/h3-6,10-11,14H,7H2,1-2H3. The van der Waals surface area contributed by atoms with Gasteiger partial charge in [-0.05, 0) is 19.4 Å². The third-order valence-electron chi connectivity index (χ3n) is 3.15.